The topological polar surface area (TPSA) is 75.8 Å². The zero-order valence-electron chi connectivity index (χ0n) is 18.7. The summed E-state index contributed by atoms with van der Waals surface area (Å²) in [5, 5.41) is 8.64. The molecule has 0 atom stereocenters. The Morgan fingerprint density at radius 3 is 2.62 bits per heavy atom. The summed E-state index contributed by atoms with van der Waals surface area (Å²) in [4.78, 5) is 7.51. The van der Waals surface area contributed by atoms with Crippen molar-refractivity contribution in [3.8, 4) is 11.5 Å². The van der Waals surface area contributed by atoms with Crippen molar-refractivity contribution >= 4 is 35.2 Å². The van der Waals surface area contributed by atoms with E-state index in [1.807, 2.05) is 66.9 Å². The van der Waals surface area contributed by atoms with Gasteiger partial charge in [-0.25, -0.2) is 0 Å². The molecule has 168 valence electrons. The molecule has 0 aliphatic carbocycles. The predicted octanol–water partition coefficient (Wildman–Crippen LogP) is 6.21. The molecule has 0 bridgehead atoms. The van der Waals surface area contributed by atoms with Crippen LogP contribution in [0.3, 0.4) is 0 Å². The maximum Gasteiger partial charge on any atom is 0.162 e. The van der Waals surface area contributed by atoms with Crippen LogP contribution in [0.2, 0.25) is 0 Å². The smallest absolute Gasteiger partial charge is 0.162 e. The number of ether oxygens (including phenoxy) is 2. The summed E-state index contributed by atoms with van der Waals surface area (Å²) < 4.78 is 11.4. The van der Waals surface area contributed by atoms with Crippen molar-refractivity contribution in [2.24, 2.45) is 0 Å². The Balaban J connectivity index is 1.26. The second-order valence-electron chi connectivity index (χ2n) is 7.76. The molecule has 0 aliphatic rings. The van der Waals surface area contributed by atoms with E-state index in [0.29, 0.717) is 18.1 Å². The summed E-state index contributed by atoms with van der Waals surface area (Å²) in [6.45, 7) is 0.373. The van der Waals surface area contributed by atoms with Gasteiger partial charge < -0.3 is 14.5 Å². The van der Waals surface area contributed by atoms with E-state index < -0.39 is 0 Å². The van der Waals surface area contributed by atoms with Gasteiger partial charge in [0.25, 0.3) is 0 Å². The molecule has 0 fully saturated rings. The van der Waals surface area contributed by atoms with Gasteiger partial charge >= 0.3 is 0 Å². The van der Waals surface area contributed by atoms with Gasteiger partial charge in [0.1, 0.15) is 6.61 Å². The molecular weight excluding hydrogens is 424 g/mol. The van der Waals surface area contributed by atoms with Crippen LogP contribution in [-0.2, 0) is 6.61 Å². The zero-order valence-corrected chi connectivity index (χ0v) is 18.7. The fourth-order valence-corrected chi connectivity index (χ4v) is 3.61. The number of H-pyrrole nitrogens is 2. The molecule has 3 aromatic heterocycles. The molecule has 0 radical (unpaired) electrons. The van der Waals surface area contributed by atoms with Crippen molar-refractivity contribution in [1.82, 2.24) is 20.2 Å². The molecule has 2 aromatic carbocycles. The number of nitrogens with one attached hydrogen (secondary N) is 2. The predicted molar refractivity (Wildman–Crippen MR) is 136 cm³/mol. The third-order valence-corrected chi connectivity index (χ3v) is 5.39. The van der Waals surface area contributed by atoms with Crippen LogP contribution in [0.1, 0.15) is 28.2 Å². The third-order valence-electron chi connectivity index (χ3n) is 5.39. The van der Waals surface area contributed by atoms with E-state index in [-0.39, 0.29) is 0 Å². The molecule has 6 nitrogen and oxygen atoms in total. The molecule has 2 N–H and O–H groups in total. The molecule has 0 amide bonds. The highest BCUT2D eigenvalue weighted by molar-refractivity contribution is 5.83. The molecule has 34 heavy (non-hydrogen) atoms. The van der Waals surface area contributed by atoms with Crippen LogP contribution in [-0.4, -0.2) is 27.3 Å². The summed E-state index contributed by atoms with van der Waals surface area (Å²) in [7, 11) is 1.63. The van der Waals surface area contributed by atoms with E-state index in [2.05, 4.69) is 50.5 Å². The number of hydrogen-bond donors (Lipinski definition) is 2. The standard InChI is InChI=1S/C28H24N4O2/c1-33-27-12-8-21(17-28(27)34-19-25-4-2-3-14-29-25)6-10-24-18-23(31-32-24)9-5-20-7-11-26-22(16-20)13-15-30-26/h2-18,30H,19H2,1H3,(H,31,32). The number of rotatable bonds is 8. The summed E-state index contributed by atoms with van der Waals surface area (Å²) in [5.74, 6) is 1.35. The molecule has 5 aromatic rings. The second kappa shape index (κ2) is 9.92. The average Bonchev–Trinajstić information content (AvgIpc) is 3.54. The largest absolute Gasteiger partial charge is 0.493 e. The van der Waals surface area contributed by atoms with E-state index in [1.165, 1.54) is 5.39 Å². The quantitative estimate of drug-likeness (QED) is 0.296. The lowest BCUT2D eigenvalue weighted by Crippen LogP contribution is -1.99. The Morgan fingerprint density at radius 1 is 0.853 bits per heavy atom. The lowest BCUT2D eigenvalue weighted by Gasteiger charge is -2.11. The van der Waals surface area contributed by atoms with Gasteiger partial charge in [-0.1, -0.05) is 30.4 Å². The Labute approximate surface area is 197 Å². The van der Waals surface area contributed by atoms with E-state index >= 15 is 0 Å². The number of fused-ring (bicyclic) bond motifs is 1. The number of pyridine rings is 1. The van der Waals surface area contributed by atoms with Gasteiger partial charge in [0.05, 0.1) is 24.2 Å². The van der Waals surface area contributed by atoms with E-state index in [4.69, 9.17) is 9.47 Å². The Bertz CT molecular complexity index is 1450. The summed E-state index contributed by atoms with van der Waals surface area (Å²) in [5.41, 5.74) is 5.88. The number of methoxy groups -OCH3 is 1. The number of benzene rings is 2. The summed E-state index contributed by atoms with van der Waals surface area (Å²) in [6, 6.07) is 22.0. The number of nitrogens with zero attached hydrogens (tertiary/aromatic N) is 2. The van der Waals surface area contributed by atoms with Gasteiger partial charge in [-0.05, 0) is 77.2 Å². The fourth-order valence-electron chi connectivity index (χ4n) is 3.61. The second-order valence-corrected chi connectivity index (χ2v) is 7.76. The van der Waals surface area contributed by atoms with Crippen LogP contribution in [0.25, 0.3) is 35.2 Å². The SMILES string of the molecule is COc1ccc(C=Cc2cc(C=Cc3ccc4[nH]ccc4c3)n[nH]2)cc1OCc1ccccn1. The zero-order chi connectivity index (χ0) is 23.2. The average molecular weight is 449 g/mol. The molecular formula is C28H24N4O2. The highest BCUT2D eigenvalue weighted by Crippen LogP contribution is 2.29. The number of aromatic amines is 2. The molecule has 5 rings (SSSR count). The van der Waals surface area contributed by atoms with Gasteiger partial charge in [-0.2, -0.15) is 5.10 Å². The normalized spacial score (nSPS) is 11.6. The molecule has 0 aliphatic heterocycles. The minimum Gasteiger partial charge on any atom is -0.493 e. The van der Waals surface area contributed by atoms with Crippen molar-refractivity contribution in [3.05, 3.63) is 107 Å². The van der Waals surface area contributed by atoms with Crippen LogP contribution in [0.15, 0.2) is 79.1 Å². The van der Waals surface area contributed by atoms with Gasteiger partial charge in [0, 0.05) is 17.9 Å². The van der Waals surface area contributed by atoms with Crippen LogP contribution in [0, 0.1) is 0 Å². The molecule has 0 saturated heterocycles. The monoisotopic (exact) mass is 448 g/mol. The highest BCUT2D eigenvalue weighted by atomic mass is 16.5. The minimum absolute atomic E-state index is 0.373. The van der Waals surface area contributed by atoms with Gasteiger partial charge in [0.2, 0.25) is 0 Å². The van der Waals surface area contributed by atoms with Gasteiger partial charge in [0.15, 0.2) is 11.5 Å². The van der Waals surface area contributed by atoms with Crippen LogP contribution >= 0.6 is 0 Å². The van der Waals surface area contributed by atoms with Crippen molar-refractivity contribution in [2.75, 3.05) is 7.11 Å². The summed E-state index contributed by atoms with van der Waals surface area (Å²) in [6.07, 6.45) is 11.8. The number of hydrogen-bond acceptors (Lipinski definition) is 4. The molecule has 0 spiro atoms. The molecule has 0 unspecified atom stereocenters. The molecule has 6 heteroatoms. The Morgan fingerprint density at radius 2 is 1.74 bits per heavy atom. The lowest BCUT2D eigenvalue weighted by atomic mass is 10.1. The van der Waals surface area contributed by atoms with E-state index in [9.17, 15) is 0 Å². The van der Waals surface area contributed by atoms with Crippen LogP contribution < -0.4 is 9.47 Å². The van der Waals surface area contributed by atoms with Gasteiger partial charge in [-0.3, -0.25) is 10.1 Å². The first-order chi connectivity index (χ1) is 16.8. The van der Waals surface area contributed by atoms with Crippen molar-refractivity contribution in [1.29, 1.82) is 0 Å². The minimum atomic E-state index is 0.373. The van der Waals surface area contributed by atoms with E-state index in [0.717, 1.165) is 33.7 Å². The maximum absolute atomic E-state index is 5.95. The lowest BCUT2D eigenvalue weighted by molar-refractivity contribution is 0.280. The Kier molecular flexibility index (Phi) is 6.21. The van der Waals surface area contributed by atoms with Crippen molar-refractivity contribution in [2.45, 2.75) is 6.61 Å². The van der Waals surface area contributed by atoms with Crippen LogP contribution in [0.4, 0.5) is 0 Å². The number of aromatic nitrogens is 4. The summed E-state index contributed by atoms with van der Waals surface area (Å²) >= 11 is 0. The van der Waals surface area contributed by atoms with E-state index in [1.54, 1.807) is 13.3 Å². The maximum atomic E-state index is 5.95. The van der Waals surface area contributed by atoms with Gasteiger partial charge in [-0.15, -0.1) is 0 Å². The molecule has 0 saturated carbocycles. The van der Waals surface area contributed by atoms with Crippen molar-refractivity contribution < 1.29 is 9.47 Å². The van der Waals surface area contributed by atoms with Crippen LogP contribution in [0.5, 0.6) is 11.5 Å². The first-order valence-corrected chi connectivity index (χ1v) is 11.0. The first-order valence-electron chi connectivity index (χ1n) is 11.0. The fraction of sp³-hybridized carbons (Fsp3) is 0.0714. The highest BCUT2D eigenvalue weighted by Gasteiger charge is 2.06. The third kappa shape index (κ3) is 5.07. The molecule has 3 heterocycles. The Hall–Kier alpha value is -4.58. The van der Waals surface area contributed by atoms with Crippen molar-refractivity contribution in [3.63, 3.8) is 0 Å². The first kappa shape index (κ1) is 21.3.